The SMILES string of the molecule is N#Cc1ccc(-c2cc(I)cc(C#N)c2)cc1. The van der Waals surface area contributed by atoms with Crippen LogP contribution in [0.3, 0.4) is 0 Å². The van der Waals surface area contributed by atoms with E-state index < -0.39 is 0 Å². The minimum Gasteiger partial charge on any atom is -0.192 e. The maximum Gasteiger partial charge on any atom is 0.0992 e. The summed E-state index contributed by atoms with van der Waals surface area (Å²) in [6.07, 6.45) is 0. The summed E-state index contributed by atoms with van der Waals surface area (Å²) in [5, 5.41) is 17.7. The molecular weight excluding hydrogens is 323 g/mol. The Kier molecular flexibility index (Phi) is 3.41. The van der Waals surface area contributed by atoms with E-state index in [0.717, 1.165) is 14.7 Å². The van der Waals surface area contributed by atoms with Gasteiger partial charge < -0.3 is 0 Å². The molecule has 3 heteroatoms. The van der Waals surface area contributed by atoms with E-state index in [-0.39, 0.29) is 0 Å². The smallest absolute Gasteiger partial charge is 0.0992 e. The fourth-order valence-corrected chi connectivity index (χ4v) is 2.23. The van der Waals surface area contributed by atoms with Gasteiger partial charge in [0.2, 0.25) is 0 Å². The van der Waals surface area contributed by atoms with Crippen LogP contribution >= 0.6 is 22.6 Å². The molecule has 0 spiro atoms. The van der Waals surface area contributed by atoms with Gasteiger partial charge in [-0.1, -0.05) is 12.1 Å². The molecular formula is C14H7IN2. The Morgan fingerprint density at radius 2 is 1.41 bits per heavy atom. The summed E-state index contributed by atoms with van der Waals surface area (Å²) in [5.41, 5.74) is 3.30. The Morgan fingerprint density at radius 1 is 0.765 bits per heavy atom. The molecule has 17 heavy (non-hydrogen) atoms. The highest BCUT2D eigenvalue weighted by Crippen LogP contribution is 2.23. The van der Waals surface area contributed by atoms with E-state index in [1.807, 2.05) is 30.3 Å². The minimum atomic E-state index is 0.639. The molecule has 0 heterocycles. The standard InChI is InChI=1S/C14H7IN2/c15-14-6-11(9-17)5-13(7-14)12-3-1-10(8-16)2-4-12/h1-7H. The van der Waals surface area contributed by atoms with E-state index in [4.69, 9.17) is 10.5 Å². The zero-order valence-electron chi connectivity index (χ0n) is 8.81. The largest absolute Gasteiger partial charge is 0.192 e. The second kappa shape index (κ2) is 4.99. The van der Waals surface area contributed by atoms with Crippen molar-refractivity contribution in [2.75, 3.05) is 0 Å². The summed E-state index contributed by atoms with van der Waals surface area (Å²) in [7, 11) is 0. The summed E-state index contributed by atoms with van der Waals surface area (Å²) in [6, 6.07) is 17.3. The molecule has 2 aromatic carbocycles. The van der Waals surface area contributed by atoms with Crippen molar-refractivity contribution in [3.8, 4) is 23.3 Å². The summed E-state index contributed by atoms with van der Waals surface area (Å²) >= 11 is 2.19. The van der Waals surface area contributed by atoms with Crippen LogP contribution in [-0.4, -0.2) is 0 Å². The monoisotopic (exact) mass is 330 g/mol. The number of halogens is 1. The zero-order chi connectivity index (χ0) is 12.3. The van der Waals surface area contributed by atoms with E-state index in [0.29, 0.717) is 11.1 Å². The van der Waals surface area contributed by atoms with Gasteiger partial charge in [-0.15, -0.1) is 0 Å². The minimum absolute atomic E-state index is 0.639. The maximum atomic E-state index is 8.92. The van der Waals surface area contributed by atoms with Crippen molar-refractivity contribution in [3.63, 3.8) is 0 Å². The number of nitriles is 2. The third-order valence-corrected chi connectivity index (χ3v) is 3.00. The molecule has 0 aromatic heterocycles. The van der Waals surface area contributed by atoms with Crippen molar-refractivity contribution in [1.29, 1.82) is 10.5 Å². The van der Waals surface area contributed by atoms with E-state index in [1.165, 1.54) is 0 Å². The molecule has 0 amide bonds. The van der Waals surface area contributed by atoms with Crippen LogP contribution in [0.1, 0.15) is 11.1 Å². The molecule has 0 saturated carbocycles. The Bertz CT molecular complexity index is 631. The summed E-state index contributed by atoms with van der Waals surface area (Å²) in [6.45, 7) is 0. The molecule has 0 radical (unpaired) electrons. The molecule has 0 saturated heterocycles. The summed E-state index contributed by atoms with van der Waals surface area (Å²) < 4.78 is 1.03. The highest BCUT2D eigenvalue weighted by Gasteiger charge is 2.02. The Balaban J connectivity index is 2.50. The first-order valence-electron chi connectivity index (χ1n) is 4.94. The zero-order valence-corrected chi connectivity index (χ0v) is 11.0. The number of benzene rings is 2. The van der Waals surface area contributed by atoms with Crippen LogP contribution in [0.5, 0.6) is 0 Å². The highest BCUT2D eigenvalue weighted by molar-refractivity contribution is 14.1. The van der Waals surface area contributed by atoms with Crippen LogP contribution in [-0.2, 0) is 0 Å². The molecule has 0 atom stereocenters. The van der Waals surface area contributed by atoms with Gasteiger partial charge >= 0.3 is 0 Å². The van der Waals surface area contributed by atoms with Gasteiger partial charge in [0.15, 0.2) is 0 Å². The normalized spacial score (nSPS) is 9.35. The molecule has 0 aliphatic rings. The van der Waals surface area contributed by atoms with Crippen molar-refractivity contribution in [1.82, 2.24) is 0 Å². The first kappa shape index (κ1) is 11.6. The van der Waals surface area contributed by atoms with Gasteiger partial charge in [-0.2, -0.15) is 10.5 Å². The number of nitrogens with zero attached hydrogens (tertiary/aromatic N) is 2. The predicted molar refractivity (Wildman–Crippen MR) is 74.0 cm³/mol. The lowest BCUT2D eigenvalue weighted by molar-refractivity contribution is 1.46. The Hall–Kier alpha value is -1.85. The second-order valence-electron chi connectivity index (χ2n) is 3.53. The molecule has 80 valence electrons. The lowest BCUT2D eigenvalue weighted by atomic mass is 10.0. The lowest BCUT2D eigenvalue weighted by Crippen LogP contribution is -1.83. The van der Waals surface area contributed by atoms with Crippen LogP contribution < -0.4 is 0 Å². The highest BCUT2D eigenvalue weighted by atomic mass is 127. The molecule has 0 N–H and O–H groups in total. The van der Waals surface area contributed by atoms with Gasteiger partial charge in [-0.05, 0) is 64.0 Å². The van der Waals surface area contributed by atoms with Gasteiger partial charge in [-0.25, -0.2) is 0 Å². The van der Waals surface area contributed by atoms with Crippen molar-refractivity contribution < 1.29 is 0 Å². The van der Waals surface area contributed by atoms with Gasteiger partial charge in [0.1, 0.15) is 0 Å². The first-order chi connectivity index (χ1) is 8.22. The third-order valence-electron chi connectivity index (χ3n) is 2.37. The molecule has 0 fully saturated rings. The summed E-state index contributed by atoms with van der Waals surface area (Å²) in [4.78, 5) is 0. The van der Waals surface area contributed by atoms with Crippen molar-refractivity contribution in [2.24, 2.45) is 0 Å². The van der Waals surface area contributed by atoms with Crippen molar-refractivity contribution in [2.45, 2.75) is 0 Å². The lowest BCUT2D eigenvalue weighted by Gasteiger charge is -2.03. The second-order valence-corrected chi connectivity index (χ2v) is 4.78. The van der Waals surface area contributed by atoms with Crippen LogP contribution in [0.2, 0.25) is 0 Å². The topological polar surface area (TPSA) is 47.6 Å². The fraction of sp³-hybridized carbons (Fsp3) is 0. The van der Waals surface area contributed by atoms with Crippen molar-refractivity contribution >= 4 is 22.6 Å². The molecule has 0 bridgehead atoms. The van der Waals surface area contributed by atoms with Gasteiger partial charge in [0.05, 0.1) is 23.3 Å². The van der Waals surface area contributed by atoms with Crippen LogP contribution in [0, 0.1) is 26.2 Å². The molecule has 0 aliphatic carbocycles. The summed E-state index contributed by atoms with van der Waals surface area (Å²) in [5.74, 6) is 0. The first-order valence-corrected chi connectivity index (χ1v) is 6.02. The number of hydrogen-bond acceptors (Lipinski definition) is 2. The number of rotatable bonds is 1. The van der Waals surface area contributed by atoms with Crippen LogP contribution in [0.25, 0.3) is 11.1 Å². The van der Waals surface area contributed by atoms with Gasteiger partial charge in [0.25, 0.3) is 0 Å². The molecule has 2 rings (SSSR count). The van der Waals surface area contributed by atoms with E-state index in [1.54, 1.807) is 12.1 Å². The Morgan fingerprint density at radius 3 is 2.00 bits per heavy atom. The maximum absolute atomic E-state index is 8.92. The fourth-order valence-electron chi connectivity index (χ4n) is 1.56. The third kappa shape index (κ3) is 2.64. The molecule has 0 aliphatic heterocycles. The van der Waals surface area contributed by atoms with Crippen molar-refractivity contribution in [3.05, 3.63) is 57.2 Å². The quantitative estimate of drug-likeness (QED) is 0.749. The average molecular weight is 330 g/mol. The van der Waals surface area contributed by atoms with Gasteiger partial charge in [0, 0.05) is 3.57 Å². The molecule has 0 unspecified atom stereocenters. The average Bonchev–Trinajstić information content (AvgIpc) is 2.38. The van der Waals surface area contributed by atoms with Gasteiger partial charge in [-0.3, -0.25) is 0 Å². The number of hydrogen-bond donors (Lipinski definition) is 0. The molecule has 2 aromatic rings. The van der Waals surface area contributed by atoms with E-state index >= 15 is 0 Å². The predicted octanol–water partition coefficient (Wildman–Crippen LogP) is 3.70. The molecule has 2 nitrogen and oxygen atoms in total. The Labute approximate surface area is 113 Å². The van der Waals surface area contributed by atoms with E-state index in [9.17, 15) is 0 Å². The van der Waals surface area contributed by atoms with Crippen LogP contribution in [0.15, 0.2) is 42.5 Å². The van der Waals surface area contributed by atoms with Crippen LogP contribution in [0.4, 0.5) is 0 Å². The van der Waals surface area contributed by atoms with E-state index in [2.05, 4.69) is 34.7 Å².